The number of methoxy groups -OCH3 is 2. The predicted octanol–water partition coefficient (Wildman–Crippen LogP) is 3.85. The van der Waals surface area contributed by atoms with E-state index < -0.39 is 0 Å². The van der Waals surface area contributed by atoms with Gasteiger partial charge in [0.05, 0.1) is 25.3 Å². The SMILES string of the molecule is COc1cc2c(cc1OC)C(c1cc(Cl)c3cccnc3c1O)NCC2. The second-order valence-electron chi connectivity index (χ2n) is 6.24. The molecule has 2 aromatic carbocycles. The summed E-state index contributed by atoms with van der Waals surface area (Å²) in [4.78, 5) is 4.31. The van der Waals surface area contributed by atoms with Crippen LogP contribution in [0, 0.1) is 0 Å². The minimum Gasteiger partial charge on any atom is -0.505 e. The molecule has 1 unspecified atom stereocenters. The molecular formula is C20H19ClN2O3. The van der Waals surface area contributed by atoms with E-state index in [0.29, 0.717) is 27.6 Å². The van der Waals surface area contributed by atoms with E-state index in [1.54, 1.807) is 26.5 Å². The second kappa shape index (κ2) is 6.67. The number of hydrogen-bond donors (Lipinski definition) is 2. The highest BCUT2D eigenvalue weighted by molar-refractivity contribution is 6.35. The number of rotatable bonds is 3. The van der Waals surface area contributed by atoms with Gasteiger partial charge in [0.2, 0.25) is 0 Å². The van der Waals surface area contributed by atoms with Gasteiger partial charge in [-0.15, -0.1) is 0 Å². The first-order valence-electron chi connectivity index (χ1n) is 8.38. The fraction of sp³-hybridized carbons (Fsp3) is 0.250. The average Bonchev–Trinajstić information content (AvgIpc) is 2.69. The van der Waals surface area contributed by atoms with Gasteiger partial charge in [-0.2, -0.15) is 0 Å². The summed E-state index contributed by atoms with van der Waals surface area (Å²) in [7, 11) is 3.24. The number of phenolic OH excluding ortho intramolecular Hbond substituents is 1. The lowest BCUT2D eigenvalue weighted by molar-refractivity contribution is 0.352. The molecule has 0 aliphatic carbocycles. The largest absolute Gasteiger partial charge is 0.505 e. The number of phenols is 1. The maximum atomic E-state index is 10.9. The number of hydrogen-bond acceptors (Lipinski definition) is 5. The number of benzene rings is 2. The third kappa shape index (κ3) is 2.64. The summed E-state index contributed by atoms with van der Waals surface area (Å²) < 4.78 is 10.9. The number of fused-ring (bicyclic) bond motifs is 2. The molecule has 0 saturated carbocycles. The van der Waals surface area contributed by atoms with E-state index in [2.05, 4.69) is 10.3 Å². The van der Waals surface area contributed by atoms with Crippen molar-refractivity contribution in [1.29, 1.82) is 0 Å². The molecule has 0 fully saturated rings. The van der Waals surface area contributed by atoms with Crippen LogP contribution in [0.25, 0.3) is 10.9 Å². The standard InChI is InChI=1S/C20H19ClN2O3/c1-25-16-8-11-5-7-23-18(13(11)10-17(16)26-2)14-9-15(21)12-4-3-6-22-19(12)20(14)24/h3-4,6,8-10,18,23-24H,5,7H2,1-2H3. The highest BCUT2D eigenvalue weighted by Crippen LogP contribution is 2.42. The molecule has 1 aromatic heterocycles. The van der Waals surface area contributed by atoms with Crippen molar-refractivity contribution in [2.75, 3.05) is 20.8 Å². The molecule has 4 rings (SSSR count). The van der Waals surface area contributed by atoms with Gasteiger partial charge in [0.25, 0.3) is 0 Å². The van der Waals surface area contributed by atoms with Crippen LogP contribution < -0.4 is 14.8 Å². The van der Waals surface area contributed by atoms with E-state index in [-0.39, 0.29) is 11.8 Å². The first-order valence-corrected chi connectivity index (χ1v) is 8.76. The van der Waals surface area contributed by atoms with Gasteiger partial charge in [-0.1, -0.05) is 11.6 Å². The Kier molecular flexibility index (Phi) is 4.34. The zero-order valence-corrected chi connectivity index (χ0v) is 15.3. The monoisotopic (exact) mass is 370 g/mol. The van der Waals surface area contributed by atoms with Crippen molar-refractivity contribution < 1.29 is 14.6 Å². The lowest BCUT2D eigenvalue weighted by atomic mass is 9.88. The molecular weight excluding hydrogens is 352 g/mol. The number of halogens is 1. The van der Waals surface area contributed by atoms with Gasteiger partial charge in [0.15, 0.2) is 11.5 Å². The van der Waals surface area contributed by atoms with Crippen molar-refractivity contribution in [3.8, 4) is 17.2 Å². The molecule has 0 bridgehead atoms. The Bertz CT molecular complexity index is 990. The molecule has 1 atom stereocenters. The van der Waals surface area contributed by atoms with Gasteiger partial charge in [-0.3, -0.25) is 4.98 Å². The lowest BCUT2D eigenvalue weighted by Gasteiger charge is -2.29. The Morgan fingerprint density at radius 2 is 1.92 bits per heavy atom. The molecule has 0 spiro atoms. The van der Waals surface area contributed by atoms with E-state index >= 15 is 0 Å². The van der Waals surface area contributed by atoms with Crippen LogP contribution in [0.1, 0.15) is 22.7 Å². The predicted molar refractivity (Wildman–Crippen MR) is 102 cm³/mol. The number of pyridine rings is 1. The summed E-state index contributed by atoms with van der Waals surface area (Å²) in [6, 6.07) is 9.22. The van der Waals surface area contributed by atoms with Crippen LogP contribution in [0.4, 0.5) is 0 Å². The highest BCUT2D eigenvalue weighted by Gasteiger charge is 2.27. The molecule has 26 heavy (non-hydrogen) atoms. The third-order valence-electron chi connectivity index (χ3n) is 4.86. The molecule has 2 heterocycles. The number of nitrogens with one attached hydrogen (secondary N) is 1. The van der Waals surface area contributed by atoms with Crippen LogP contribution in [0.2, 0.25) is 5.02 Å². The van der Waals surface area contributed by atoms with Crippen molar-refractivity contribution in [2.24, 2.45) is 0 Å². The van der Waals surface area contributed by atoms with Gasteiger partial charge < -0.3 is 19.9 Å². The Balaban J connectivity index is 1.91. The van der Waals surface area contributed by atoms with E-state index in [0.717, 1.165) is 29.5 Å². The Labute approximate surface area is 156 Å². The molecule has 0 radical (unpaired) electrons. The summed E-state index contributed by atoms with van der Waals surface area (Å²) >= 11 is 6.46. The Hall–Kier alpha value is -2.50. The van der Waals surface area contributed by atoms with E-state index in [4.69, 9.17) is 21.1 Å². The molecule has 134 valence electrons. The van der Waals surface area contributed by atoms with Crippen molar-refractivity contribution in [3.63, 3.8) is 0 Å². The van der Waals surface area contributed by atoms with Crippen LogP contribution >= 0.6 is 11.6 Å². The second-order valence-corrected chi connectivity index (χ2v) is 6.65. The zero-order valence-electron chi connectivity index (χ0n) is 14.5. The van der Waals surface area contributed by atoms with E-state index in [1.807, 2.05) is 24.3 Å². The first-order chi connectivity index (χ1) is 12.6. The van der Waals surface area contributed by atoms with Crippen LogP contribution in [-0.2, 0) is 6.42 Å². The fourth-order valence-corrected chi connectivity index (χ4v) is 3.86. The molecule has 0 saturated heterocycles. The lowest BCUT2D eigenvalue weighted by Crippen LogP contribution is -2.30. The Morgan fingerprint density at radius 3 is 2.69 bits per heavy atom. The number of nitrogens with zero attached hydrogens (tertiary/aromatic N) is 1. The van der Waals surface area contributed by atoms with Gasteiger partial charge in [0.1, 0.15) is 11.3 Å². The molecule has 1 aliphatic heterocycles. The van der Waals surface area contributed by atoms with Gasteiger partial charge in [0, 0.05) is 23.7 Å². The number of aromatic nitrogens is 1. The third-order valence-corrected chi connectivity index (χ3v) is 5.17. The quantitative estimate of drug-likeness (QED) is 0.733. The van der Waals surface area contributed by atoms with Crippen LogP contribution in [-0.4, -0.2) is 30.9 Å². The summed E-state index contributed by atoms with van der Waals surface area (Å²) in [5.41, 5.74) is 3.40. The fourth-order valence-electron chi connectivity index (χ4n) is 3.59. The molecule has 5 nitrogen and oxygen atoms in total. The van der Waals surface area contributed by atoms with Gasteiger partial charge in [-0.25, -0.2) is 0 Å². The van der Waals surface area contributed by atoms with Crippen LogP contribution in [0.15, 0.2) is 36.5 Å². The number of ether oxygens (including phenoxy) is 2. The summed E-state index contributed by atoms with van der Waals surface area (Å²) in [6.45, 7) is 0.782. The average molecular weight is 371 g/mol. The van der Waals surface area contributed by atoms with Crippen LogP contribution in [0.5, 0.6) is 17.2 Å². The van der Waals surface area contributed by atoms with Gasteiger partial charge in [-0.05, 0) is 47.9 Å². The Morgan fingerprint density at radius 1 is 1.15 bits per heavy atom. The summed E-state index contributed by atoms with van der Waals surface area (Å²) in [5.74, 6) is 1.50. The zero-order chi connectivity index (χ0) is 18.3. The minimum absolute atomic E-state index is 0.144. The van der Waals surface area contributed by atoms with Gasteiger partial charge >= 0.3 is 0 Å². The molecule has 6 heteroatoms. The summed E-state index contributed by atoms with van der Waals surface area (Å²) in [6.07, 6.45) is 2.52. The maximum Gasteiger partial charge on any atom is 0.161 e. The molecule has 1 aliphatic rings. The normalized spacial score (nSPS) is 16.3. The van der Waals surface area contributed by atoms with Crippen molar-refractivity contribution >= 4 is 22.5 Å². The minimum atomic E-state index is -0.206. The van der Waals surface area contributed by atoms with E-state index in [1.165, 1.54) is 0 Å². The number of aromatic hydroxyl groups is 1. The smallest absolute Gasteiger partial charge is 0.161 e. The maximum absolute atomic E-state index is 10.9. The summed E-state index contributed by atoms with van der Waals surface area (Å²) in [5, 5.41) is 15.6. The topological polar surface area (TPSA) is 63.6 Å². The molecule has 0 amide bonds. The molecule has 2 N–H and O–H groups in total. The van der Waals surface area contributed by atoms with Crippen molar-refractivity contribution in [2.45, 2.75) is 12.5 Å². The van der Waals surface area contributed by atoms with E-state index in [9.17, 15) is 5.11 Å². The van der Waals surface area contributed by atoms with Crippen molar-refractivity contribution in [3.05, 3.63) is 58.2 Å². The first kappa shape index (κ1) is 16.9. The van der Waals surface area contributed by atoms with Crippen molar-refractivity contribution in [1.82, 2.24) is 10.3 Å². The van der Waals surface area contributed by atoms with Crippen LogP contribution in [0.3, 0.4) is 0 Å². The highest BCUT2D eigenvalue weighted by atomic mass is 35.5. The molecule has 3 aromatic rings.